The summed E-state index contributed by atoms with van der Waals surface area (Å²) in [5.74, 6) is 0. The molecule has 1 N–H and O–H groups in total. The number of nitrogens with zero attached hydrogens (tertiary/aromatic N) is 2. The third-order valence-corrected chi connectivity index (χ3v) is 3.05. The van der Waals surface area contributed by atoms with Gasteiger partial charge in [0.2, 0.25) is 0 Å². The molecule has 0 spiro atoms. The van der Waals surface area contributed by atoms with Crippen molar-refractivity contribution in [1.82, 2.24) is 15.1 Å². The largest absolute Gasteiger partial charge is 0.316 e. The number of aryl methyl sites for hydroxylation is 2. The van der Waals surface area contributed by atoms with E-state index in [1.807, 2.05) is 31.8 Å². The van der Waals surface area contributed by atoms with Crippen LogP contribution in [0, 0.1) is 6.92 Å². The first-order valence-corrected chi connectivity index (χ1v) is 5.44. The molecule has 4 heteroatoms. The molecule has 84 valence electrons. The average Bonchev–Trinajstić information content (AvgIpc) is 2.44. The number of hydrogen-bond donors (Lipinski definition) is 1. The lowest BCUT2D eigenvalue weighted by Crippen LogP contribution is -2.27. The molecule has 0 saturated heterocycles. The van der Waals surface area contributed by atoms with E-state index >= 15 is 0 Å². The number of rotatable bonds is 5. The van der Waals surface area contributed by atoms with Crippen molar-refractivity contribution < 1.29 is 0 Å². The minimum absolute atomic E-state index is 0.370. The third-order valence-electron chi connectivity index (χ3n) is 2.56. The maximum Gasteiger partial charge on any atom is 0.0847 e. The van der Waals surface area contributed by atoms with Gasteiger partial charge in [0.25, 0.3) is 0 Å². The van der Waals surface area contributed by atoms with E-state index < -0.39 is 0 Å². The minimum atomic E-state index is 0.370. The van der Waals surface area contributed by atoms with Gasteiger partial charge in [-0.3, -0.25) is 4.68 Å². The lowest BCUT2D eigenvalue weighted by Gasteiger charge is -2.14. The zero-order valence-corrected chi connectivity index (χ0v) is 10.3. The van der Waals surface area contributed by atoms with Gasteiger partial charge in [0.15, 0.2) is 0 Å². The monoisotopic (exact) mass is 227 g/mol. The average molecular weight is 228 g/mol. The van der Waals surface area contributed by atoms with Crippen molar-refractivity contribution in [3.8, 4) is 0 Å². The van der Waals surface area contributed by atoms with Crippen molar-refractivity contribution in [1.29, 1.82) is 0 Å². The van der Waals surface area contributed by atoms with Gasteiger partial charge in [-0.25, -0.2) is 0 Å². The molecule has 15 heavy (non-hydrogen) atoms. The molecule has 0 fully saturated rings. The van der Waals surface area contributed by atoms with Gasteiger partial charge in [0.1, 0.15) is 0 Å². The molecule has 0 aliphatic heterocycles. The summed E-state index contributed by atoms with van der Waals surface area (Å²) in [5.41, 5.74) is 1.97. The van der Waals surface area contributed by atoms with Gasteiger partial charge in [0, 0.05) is 19.5 Å². The molecule has 1 heterocycles. The van der Waals surface area contributed by atoms with Crippen molar-refractivity contribution in [3.05, 3.63) is 29.1 Å². The smallest absolute Gasteiger partial charge is 0.0847 e. The molecule has 0 aliphatic rings. The number of halogens is 1. The molecular weight excluding hydrogens is 210 g/mol. The van der Waals surface area contributed by atoms with E-state index in [2.05, 4.69) is 17.0 Å². The quantitative estimate of drug-likeness (QED) is 0.781. The molecule has 0 aliphatic carbocycles. The Bertz CT molecular complexity index is 344. The Hall–Kier alpha value is -0.800. The minimum Gasteiger partial charge on any atom is -0.316 e. The molecular formula is C11H18ClN3. The molecule has 1 aromatic rings. The van der Waals surface area contributed by atoms with Crippen molar-refractivity contribution in [2.24, 2.45) is 7.05 Å². The summed E-state index contributed by atoms with van der Waals surface area (Å²) in [6.45, 7) is 5.67. The van der Waals surface area contributed by atoms with E-state index in [-0.39, 0.29) is 0 Å². The Balaban J connectivity index is 2.82. The molecule has 0 bridgehead atoms. The standard InChI is InChI=1S/C11H18ClN3/c1-5-6-9(13-3)7-10-11(12)8(2)14-15(10)4/h5,9,13H,1,6-7H2,2-4H3. The molecule has 1 atom stereocenters. The van der Waals surface area contributed by atoms with Crippen molar-refractivity contribution in [3.63, 3.8) is 0 Å². The van der Waals surface area contributed by atoms with Crippen LogP contribution in [0.4, 0.5) is 0 Å². The summed E-state index contributed by atoms with van der Waals surface area (Å²) in [5, 5.41) is 8.31. The Labute approximate surface area is 96.1 Å². The van der Waals surface area contributed by atoms with Gasteiger partial charge in [-0.1, -0.05) is 17.7 Å². The fraction of sp³-hybridized carbons (Fsp3) is 0.545. The fourth-order valence-corrected chi connectivity index (χ4v) is 1.88. The zero-order valence-electron chi connectivity index (χ0n) is 9.55. The van der Waals surface area contributed by atoms with Crippen molar-refractivity contribution in [2.75, 3.05) is 7.05 Å². The van der Waals surface area contributed by atoms with E-state index in [4.69, 9.17) is 11.6 Å². The van der Waals surface area contributed by atoms with Crippen LogP contribution in [0.2, 0.25) is 5.02 Å². The Morgan fingerprint density at radius 2 is 2.33 bits per heavy atom. The van der Waals surface area contributed by atoms with E-state index in [1.54, 1.807) is 0 Å². The molecule has 3 nitrogen and oxygen atoms in total. The van der Waals surface area contributed by atoms with Crippen LogP contribution in [-0.2, 0) is 13.5 Å². The first-order chi connectivity index (χ1) is 7.10. The maximum atomic E-state index is 6.18. The van der Waals surface area contributed by atoms with Gasteiger partial charge in [0.05, 0.1) is 16.4 Å². The van der Waals surface area contributed by atoms with Gasteiger partial charge in [-0.15, -0.1) is 6.58 Å². The molecule has 1 rings (SSSR count). The van der Waals surface area contributed by atoms with Crippen LogP contribution in [0.25, 0.3) is 0 Å². The van der Waals surface area contributed by atoms with Gasteiger partial charge < -0.3 is 5.32 Å². The number of likely N-dealkylation sites (N-methyl/N-ethyl adjacent to an activating group) is 1. The van der Waals surface area contributed by atoms with Gasteiger partial charge in [-0.05, 0) is 20.4 Å². The van der Waals surface area contributed by atoms with Crippen LogP contribution in [0.3, 0.4) is 0 Å². The highest BCUT2D eigenvalue weighted by molar-refractivity contribution is 6.31. The second kappa shape index (κ2) is 5.33. The van der Waals surface area contributed by atoms with Crippen molar-refractivity contribution >= 4 is 11.6 Å². The van der Waals surface area contributed by atoms with E-state index in [0.717, 1.165) is 29.3 Å². The summed E-state index contributed by atoms with van der Waals surface area (Å²) >= 11 is 6.18. The summed E-state index contributed by atoms with van der Waals surface area (Å²) < 4.78 is 1.85. The third kappa shape index (κ3) is 2.83. The summed E-state index contributed by atoms with van der Waals surface area (Å²) in [6, 6.07) is 0.370. The van der Waals surface area contributed by atoms with Gasteiger partial charge >= 0.3 is 0 Å². The first-order valence-electron chi connectivity index (χ1n) is 5.06. The van der Waals surface area contributed by atoms with E-state index in [9.17, 15) is 0 Å². The van der Waals surface area contributed by atoms with Gasteiger partial charge in [-0.2, -0.15) is 5.10 Å². The number of nitrogens with one attached hydrogen (secondary N) is 1. The fourth-order valence-electron chi connectivity index (χ4n) is 1.64. The summed E-state index contributed by atoms with van der Waals surface area (Å²) in [4.78, 5) is 0. The lowest BCUT2D eigenvalue weighted by molar-refractivity contribution is 0.542. The summed E-state index contributed by atoms with van der Waals surface area (Å²) in [6.07, 6.45) is 3.72. The molecule has 0 amide bonds. The predicted octanol–water partition coefficient (Wildman–Crippen LogP) is 2.09. The zero-order chi connectivity index (χ0) is 11.4. The first kappa shape index (κ1) is 12.3. The Morgan fingerprint density at radius 3 is 2.73 bits per heavy atom. The predicted molar refractivity (Wildman–Crippen MR) is 64.3 cm³/mol. The van der Waals surface area contributed by atoms with Crippen LogP contribution in [0.15, 0.2) is 12.7 Å². The molecule has 0 radical (unpaired) electrons. The van der Waals surface area contributed by atoms with Crippen LogP contribution in [0.5, 0.6) is 0 Å². The second-order valence-electron chi connectivity index (χ2n) is 3.68. The molecule has 0 saturated carbocycles. The maximum absolute atomic E-state index is 6.18. The van der Waals surface area contributed by atoms with Crippen molar-refractivity contribution in [2.45, 2.75) is 25.8 Å². The van der Waals surface area contributed by atoms with E-state index in [0.29, 0.717) is 6.04 Å². The number of aromatic nitrogens is 2. The van der Waals surface area contributed by atoms with Crippen LogP contribution in [0.1, 0.15) is 17.8 Å². The molecule has 1 unspecified atom stereocenters. The van der Waals surface area contributed by atoms with Crippen LogP contribution < -0.4 is 5.32 Å². The molecule has 0 aromatic carbocycles. The Morgan fingerprint density at radius 1 is 1.67 bits per heavy atom. The normalized spacial score (nSPS) is 12.8. The summed E-state index contributed by atoms with van der Waals surface area (Å²) in [7, 11) is 3.88. The van der Waals surface area contributed by atoms with E-state index in [1.165, 1.54) is 0 Å². The number of hydrogen-bond acceptors (Lipinski definition) is 2. The molecule has 1 aromatic heterocycles. The highest BCUT2D eigenvalue weighted by Crippen LogP contribution is 2.21. The highest BCUT2D eigenvalue weighted by atomic mass is 35.5. The SMILES string of the molecule is C=CCC(Cc1c(Cl)c(C)nn1C)NC. The topological polar surface area (TPSA) is 29.9 Å². The lowest BCUT2D eigenvalue weighted by atomic mass is 10.1. The van der Waals surface area contributed by atoms with Crippen LogP contribution in [-0.4, -0.2) is 22.9 Å². The Kier molecular flexibility index (Phi) is 4.36. The van der Waals surface area contributed by atoms with Crippen LogP contribution >= 0.6 is 11.6 Å². The highest BCUT2D eigenvalue weighted by Gasteiger charge is 2.14. The second-order valence-corrected chi connectivity index (χ2v) is 4.06.